The number of hydrogen-bond donors (Lipinski definition) is 2. The minimum atomic E-state index is 1.10. The molecule has 2 N–H and O–H groups in total. The van der Waals surface area contributed by atoms with Crippen LogP contribution in [0.25, 0.3) is 10.8 Å². The normalized spacial score (nSPS) is 13.1. The lowest BCUT2D eigenvalue weighted by Gasteiger charge is -2.16. The molecule has 67 valence electrons. The molecule has 0 fully saturated rings. The van der Waals surface area contributed by atoms with Crippen LogP contribution in [0.2, 0.25) is 0 Å². The molecule has 0 amide bonds. The van der Waals surface area contributed by atoms with Gasteiger partial charge in [0.2, 0.25) is 0 Å². The van der Waals surface area contributed by atoms with E-state index >= 15 is 0 Å². The van der Waals surface area contributed by atoms with Crippen LogP contribution in [0.5, 0.6) is 0 Å². The quantitative estimate of drug-likeness (QED) is 0.653. The van der Waals surface area contributed by atoms with E-state index in [2.05, 4.69) is 34.9 Å². The van der Waals surface area contributed by atoms with Crippen molar-refractivity contribution >= 4 is 22.1 Å². The first kappa shape index (κ1) is 7.44. The highest BCUT2D eigenvalue weighted by Crippen LogP contribution is 2.32. The van der Waals surface area contributed by atoms with Crippen molar-refractivity contribution in [1.29, 1.82) is 0 Å². The smallest absolute Gasteiger partial charge is 0.0705 e. The minimum Gasteiger partial charge on any atom is -0.359 e. The summed E-state index contributed by atoms with van der Waals surface area (Å²) in [6.07, 6.45) is 3.78. The second-order valence-corrected chi connectivity index (χ2v) is 3.24. The molecule has 0 bridgehead atoms. The maximum absolute atomic E-state index is 3.24. The van der Waals surface area contributed by atoms with E-state index in [1.165, 1.54) is 5.39 Å². The van der Waals surface area contributed by atoms with Crippen LogP contribution in [0, 0.1) is 6.07 Å². The summed E-state index contributed by atoms with van der Waals surface area (Å²) in [6, 6.07) is 13.4. The maximum Gasteiger partial charge on any atom is 0.0705 e. The fourth-order valence-corrected chi connectivity index (χ4v) is 1.72. The number of nitrogens with one attached hydrogen (secondary N) is 2. The van der Waals surface area contributed by atoms with Crippen molar-refractivity contribution in [3.05, 3.63) is 48.8 Å². The second kappa shape index (κ2) is 2.77. The van der Waals surface area contributed by atoms with Crippen LogP contribution < -0.4 is 10.6 Å². The van der Waals surface area contributed by atoms with E-state index in [0.29, 0.717) is 0 Å². The van der Waals surface area contributed by atoms with E-state index in [9.17, 15) is 0 Å². The van der Waals surface area contributed by atoms with E-state index in [1.54, 1.807) is 0 Å². The Morgan fingerprint density at radius 3 is 2.93 bits per heavy atom. The van der Waals surface area contributed by atoms with Gasteiger partial charge in [-0.15, -0.1) is 0 Å². The second-order valence-electron chi connectivity index (χ2n) is 3.24. The monoisotopic (exact) mass is 181 g/mol. The molecule has 0 unspecified atom stereocenters. The average Bonchev–Trinajstić information content (AvgIpc) is 2.29. The molecule has 14 heavy (non-hydrogen) atoms. The molecule has 0 atom stereocenters. The summed E-state index contributed by atoms with van der Waals surface area (Å²) < 4.78 is 0. The molecule has 2 nitrogen and oxygen atoms in total. The summed E-state index contributed by atoms with van der Waals surface area (Å²) in [6.45, 7) is 0. The molecule has 1 heterocycles. The van der Waals surface area contributed by atoms with E-state index in [-0.39, 0.29) is 0 Å². The lowest BCUT2D eigenvalue weighted by atomic mass is 10.1. The minimum absolute atomic E-state index is 1.10. The van der Waals surface area contributed by atoms with Gasteiger partial charge in [0.1, 0.15) is 0 Å². The molecule has 1 radical (unpaired) electrons. The van der Waals surface area contributed by atoms with Gasteiger partial charge in [0.05, 0.1) is 11.4 Å². The summed E-state index contributed by atoms with van der Waals surface area (Å²) in [5.74, 6) is 0. The zero-order chi connectivity index (χ0) is 9.38. The van der Waals surface area contributed by atoms with Crippen molar-refractivity contribution in [2.75, 3.05) is 10.6 Å². The van der Waals surface area contributed by atoms with E-state index in [1.807, 2.05) is 24.5 Å². The molecule has 2 aromatic rings. The Labute approximate surface area is 82.2 Å². The molecular formula is C12H9N2. The van der Waals surface area contributed by atoms with Gasteiger partial charge in [-0.2, -0.15) is 0 Å². The molecule has 2 aromatic carbocycles. The predicted octanol–water partition coefficient (Wildman–Crippen LogP) is 2.95. The van der Waals surface area contributed by atoms with Gasteiger partial charge in [-0.25, -0.2) is 0 Å². The first-order valence-electron chi connectivity index (χ1n) is 4.57. The third kappa shape index (κ3) is 0.973. The van der Waals surface area contributed by atoms with Crippen LogP contribution in [-0.2, 0) is 0 Å². The predicted molar refractivity (Wildman–Crippen MR) is 59.2 cm³/mol. The number of rotatable bonds is 0. The van der Waals surface area contributed by atoms with Crippen molar-refractivity contribution in [2.45, 2.75) is 0 Å². The lowest BCUT2D eigenvalue weighted by Crippen LogP contribution is -2.02. The van der Waals surface area contributed by atoms with Crippen LogP contribution in [0.15, 0.2) is 42.7 Å². The molecule has 1 aliphatic heterocycles. The number of anilines is 2. The van der Waals surface area contributed by atoms with Gasteiger partial charge in [0.15, 0.2) is 0 Å². The highest BCUT2D eigenvalue weighted by atomic mass is 15.0. The van der Waals surface area contributed by atoms with Crippen molar-refractivity contribution < 1.29 is 0 Å². The third-order valence-electron chi connectivity index (χ3n) is 2.39. The summed E-state index contributed by atoms with van der Waals surface area (Å²) >= 11 is 0. The molecular weight excluding hydrogens is 172 g/mol. The maximum atomic E-state index is 3.24. The Morgan fingerprint density at radius 2 is 1.93 bits per heavy atom. The van der Waals surface area contributed by atoms with Crippen molar-refractivity contribution in [1.82, 2.24) is 0 Å². The Kier molecular flexibility index (Phi) is 1.47. The fourth-order valence-electron chi connectivity index (χ4n) is 1.72. The zero-order valence-electron chi connectivity index (χ0n) is 7.54. The van der Waals surface area contributed by atoms with Gasteiger partial charge in [0.25, 0.3) is 0 Å². The Balaban J connectivity index is 2.37. The Morgan fingerprint density at radius 1 is 1.00 bits per heavy atom. The molecule has 0 aliphatic carbocycles. The summed E-state index contributed by atoms with van der Waals surface area (Å²) in [7, 11) is 0. The SMILES string of the molecule is [c]1cccc2ccc3c(c12)NC=CN3. The van der Waals surface area contributed by atoms with Crippen LogP contribution in [-0.4, -0.2) is 0 Å². The summed E-state index contributed by atoms with van der Waals surface area (Å²) in [5.41, 5.74) is 2.20. The molecule has 0 saturated heterocycles. The number of hydrogen-bond acceptors (Lipinski definition) is 2. The van der Waals surface area contributed by atoms with Crippen molar-refractivity contribution in [2.24, 2.45) is 0 Å². The van der Waals surface area contributed by atoms with Crippen molar-refractivity contribution in [3.8, 4) is 0 Å². The van der Waals surface area contributed by atoms with Gasteiger partial charge in [-0.3, -0.25) is 0 Å². The van der Waals surface area contributed by atoms with Crippen LogP contribution in [0.3, 0.4) is 0 Å². The Bertz CT molecular complexity index is 515. The molecule has 2 heteroatoms. The molecule has 3 rings (SSSR count). The van der Waals surface area contributed by atoms with Crippen LogP contribution in [0.4, 0.5) is 11.4 Å². The van der Waals surface area contributed by atoms with Crippen molar-refractivity contribution in [3.63, 3.8) is 0 Å². The zero-order valence-corrected chi connectivity index (χ0v) is 7.54. The highest BCUT2D eigenvalue weighted by molar-refractivity contribution is 6.00. The van der Waals surface area contributed by atoms with Gasteiger partial charge >= 0.3 is 0 Å². The number of fused-ring (bicyclic) bond motifs is 3. The first-order chi connectivity index (χ1) is 6.95. The van der Waals surface area contributed by atoms with Gasteiger partial charge < -0.3 is 10.6 Å². The highest BCUT2D eigenvalue weighted by Gasteiger charge is 2.07. The summed E-state index contributed by atoms with van der Waals surface area (Å²) in [4.78, 5) is 0. The Hall–Kier alpha value is -1.96. The largest absolute Gasteiger partial charge is 0.359 e. The van der Waals surface area contributed by atoms with Gasteiger partial charge in [0, 0.05) is 17.8 Å². The average molecular weight is 181 g/mol. The standard InChI is InChI=1S/C12H9N2/c1-2-4-10-9(3-1)5-6-11-12(10)14-8-7-13-11/h1-3,5-8,13-14H. The fraction of sp³-hybridized carbons (Fsp3) is 0. The van der Waals surface area contributed by atoms with E-state index in [4.69, 9.17) is 0 Å². The topological polar surface area (TPSA) is 24.1 Å². The first-order valence-corrected chi connectivity index (χ1v) is 4.57. The lowest BCUT2D eigenvalue weighted by molar-refractivity contribution is 1.49. The molecule has 1 aliphatic rings. The molecule has 0 aromatic heterocycles. The number of benzene rings is 2. The van der Waals surface area contributed by atoms with E-state index in [0.717, 1.165) is 16.8 Å². The van der Waals surface area contributed by atoms with E-state index < -0.39 is 0 Å². The molecule has 0 spiro atoms. The van der Waals surface area contributed by atoms with Gasteiger partial charge in [-0.1, -0.05) is 24.3 Å². The molecule has 0 saturated carbocycles. The van der Waals surface area contributed by atoms with Gasteiger partial charge in [-0.05, 0) is 17.5 Å². The van der Waals surface area contributed by atoms with Crippen LogP contribution >= 0.6 is 0 Å². The summed E-state index contributed by atoms with van der Waals surface area (Å²) in [5, 5.41) is 8.75. The van der Waals surface area contributed by atoms with Crippen LogP contribution in [0.1, 0.15) is 0 Å². The third-order valence-corrected chi connectivity index (χ3v) is 2.39.